The Morgan fingerprint density at radius 3 is 2.90 bits per heavy atom. The Balaban J connectivity index is 1.39. The number of anilines is 1. The second-order valence-electron chi connectivity index (χ2n) is 7.82. The zero-order valence-corrected chi connectivity index (χ0v) is 18.3. The Hall–Kier alpha value is -2.81. The van der Waals surface area contributed by atoms with E-state index >= 15 is 0 Å². The number of carbonyl (C=O) groups is 2. The summed E-state index contributed by atoms with van der Waals surface area (Å²) in [5.74, 6) is -0.171. The van der Waals surface area contributed by atoms with Gasteiger partial charge < -0.3 is 10.2 Å². The molecule has 0 aromatic carbocycles. The summed E-state index contributed by atoms with van der Waals surface area (Å²) < 4.78 is 1.85. The predicted molar refractivity (Wildman–Crippen MR) is 116 cm³/mol. The van der Waals surface area contributed by atoms with Crippen molar-refractivity contribution in [1.29, 1.82) is 0 Å². The molecule has 8 nitrogen and oxygen atoms in total. The van der Waals surface area contributed by atoms with Crippen molar-refractivity contribution < 1.29 is 9.59 Å². The number of thiazole rings is 1. The molecule has 0 radical (unpaired) electrons. The Kier molecular flexibility index (Phi) is 5.80. The van der Waals surface area contributed by atoms with E-state index in [0.29, 0.717) is 31.1 Å². The maximum Gasteiger partial charge on any atom is 0.231 e. The van der Waals surface area contributed by atoms with Crippen molar-refractivity contribution in [3.63, 3.8) is 0 Å². The summed E-state index contributed by atoms with van der Waals surface area (Å²) in [5.41, 5.74) is 4.79. The number of amides is 2. The highest BCUT2D eigenvalue weighted by Gasteiger charge is 2.28. The van der Waals surface area contributed by atoms with Gasteiger partial charge in [0.05, 0.1) is 11.6 Å². The summed E-state index contributed by atoms with van der Waals surface area (Å²) in [5, 5.41) is 9.79. The molecule has 158 valence electrons. The summed E-state index contributed by atoms with van der Waals surface area (Å²) in [7, 11) is 0. The fourth-order valence-corrected chi connectivity index (χ4v) is 4.64. The van der Waals surface area contributed by atoms with Crippen LogP contribution in [0.15, 0.2) is 17.6 Å². The lowest BCUT2D eigenvalue weighted by atomic mass is 9.96. The second-order valence-corrected chi connectivity index (χ2v) is 8.72. The number of nitrogens with zero attached hydrogens (tertiary/aromatic N) is 5. The number of carbonyl (C=O) groups excluding carboxylic acids is 2. The molecule has 4 rings (SSSR count). The van der Waals surface area contributed by atoms with Crippen LogP contribution < -0.4 is 5.32 Å². The van der Waals surface area contributed by atoms with Crippen molar-refractivity contribution >= 4 is 33.9 Å². The molecule has 1 aliphatic rings. The van der Waals surface area contributed by atoms with Crippen LogP contribution in [-0.4, -0.2) is 49.4 Å². The van der Waals surface area contributed by atoms with E-state index in [1.54, 1.807) is 6.20 Å². The lowest BCUT2D eigenvalue weighted by Crippen LogP contribution is -2.43. The minimum absolute atomic E-state index is 0.0576. The van der Waals surface area contributed by atoms with Crippen molar-refractivity contribution in [2.45, 2.75) is 46.5 Å². The Morgan fingerprint density at radius 1 is 1.30 bits per heavy atom. The van der Waals surface area contributed by atoms with Gasteiger partial charge in [-0.15, -0.1) is 11.3 Å². The summed E-state index contributed by atoms with van der Waals surface area (Å²) in [4.78, 5) is 36.0. The van der Waals surface area contributed by atoms with Gasteiger partial charge in [0.2, 0.25) is 11.8 Å². The summed E-state index contributed by atoms with van der Waals surface area (Å²) in [6.45, 7) is 7.12. The SMILES string of the molecule is Cc1cc2nc(C)c(CCC(=O)N3CCCC(C(=O)Nc4nccs4)C3)c(C)n2n1. The first-order chi connectivity index (χ1) is 14.4. The number of nitrogens with one attached hydrogen (secondary N) is 1. The highest BCUT2D eigenvalue weighted by molar-refractivity contribution is 7.13. The normalized spacial score (nSPS) is 16.8. The Morgan fingerprint density at radius 2 is 2.13 bits per heavy atom. The van der Waals surface area contributed by atoms with E-state index in [1.807, 2.05) is 41.6 Å². The molecule has 3 aromatic heterocycles. The number of piperidine rings is 1. The molecule has 9 heteroatoms. The number of fused-ring (bicyclic) bond motifs is 1. The average molecular weight is 427 g/mol. The maximum absolute atomic E-state index is 12.9. The number of hydrogen-bond acceptors (Lipinski definition) is 6. The van der Waals surface area contributed by atoms with Crippen LogP contribution in [0.1, 0.15) is 41.9 Å². The molecule has 1 atom stereocenters. The smallest absolute Gasteiger partial charge is 0.231 e. The third-order valence-corrected chi connectivity index (χ3v) is 6.37. The topological polar surface area (TPSA) is 92.5 Å². The molecule has 0 aliphatic carbocycles. The van der Waals surface area contributed by atoms with Crippen molar-refractivity contribution in [3.8, 4) is 0 Å². The van der Waals surface area contributed by atoms with Crippen LogP contribution in [0.2, 0.25) is 0 Å². The van der Waals surface area contributed by atoms with Crippen LogP contribution in [0.3, 0.4) is 0 Å². The van der Waals surface area contributed by atoms with E-state index in [-0.39, 0.29) is 17.7 Å². The van der Waals surface area contributed by atoms with Crippen LogP contribution in [0.4, 0.5) is 5.13 Å². The lowest BCUT2D eigenvalue weighted by molar-refractivity contribution is -0.134. The van der Waals surface area contributed by atoms with Crippen LogP contribution in [0.25, 0.3) is 5.65 Å². The highest BCUT2D eigenvalue weighted by Crippen LogP contribution is 2.22. The van der Waals surface area contributed by atoms with Gasteiger partial charge in [0, 0.05) is 48.5 Å². The van der Waals surface area contributed by atoms with Gasteiger partial charge in [-0.25, -0.2) is 14.5 Å². The van der Waals surface area contributed by atoms with E-state index in [0.717, 1.165) is 41.1 Å². The molecule has 0 spiro atoms. The van der Waals surface area contributed by atoms with Crippen LogP contribution in [0, 0.1) is 26.7 Å². The highest BCUT2D eigenvalue weighted by atomic mass is 32.1. The van der Waals surface area contributed by atoms with E-state index in [1.165, 1.54) is 11.3 Å². The zero-order chi connectivity index (χ0) is 21.3. The molecule has 1 unspecified atom stereocenters. The van der Waals surface area contributed by atoms with Crippen molar-refractivity contribution in [2.75, 3.05) is 18.4 Å². The monoisotopic (exact) mass is 426 g/mol. The third kappa shape index (κ3) is 4.21. The van der Waals surface area contributed by atoms with Crippen molar-refractivity contribution in [3.05, 3.63) is 40.3 Å². The third-order valence-electron chi connectivity index (χ3n) is 5.68. The van der Waals surface area contributed by atoms with E-state index in [2.05, 4.69) is 20.4 Å². The summed E-state index contributed by atoms with van der Waals surface area (Å²) >= 11 is 1.40. The molecule has 1 N–H and O–H groups in total. The van der Waals surface area contributed by atoms with Gasteiger partial charge in [0.15, 0.2) is 10.8 Å². The van der Waals surface area contributed by atoms with Crippen LogP contribution in [0.5, 0.6) is 0 Å². The number of aryl methyl sites for hydroxylation is 3. The maximum atomic E-state index is 12.9. The van der Waals surface area contributed by atoms with Crippen LogP contribution in [-0.2, 0) is 16.0 Å². The number of hydrogen-bond donors (Lipinski definition) is 1. The zero-order valence-electron chi connectivity index (χ0n) is 17.5. The molecule has 1 aliphatic heterocycles. The summed E-state index contributed by atoms with van der Waals surface area (Å²) in [6.07, 6.45) is 4.30. The summed E-state index contributed by atoms with van der Waals surface area (Å²) in [6, 6.07) is 1.96. The van der Waals surface area contributed by atoms with Crippen molar-refractivity contribution in [2.24, 2.45) is 5.92 Å². The quantitative estimate of drug-likeness (QED) is 0.677. The molecule has 1 fully saturated rings. The Bertz CT molecular complexity index is 1080. The largest absolute Gasteiger partial charge is 0.342 e. The molecule has 2 amide bonds. The molecule has 0 saturated carbocycles. The van der Waals surface area contributed by atoms with Gasteiger partial charge in [0.1, 0.15) is 0 Å². The molecular formula is C21H26N6O2S. The molecular weight excluding hydrogens is 400 g/mol. The predicted octanol–water partition coefficient (Wildman–Crippen LogP) is 2.92. The van der Waals surface area contributed by atoms with Gasteiger partial charge in [-0.3, -0.25) is 9.59 Å². The van der Waals surface area contributed by atoms with Gasteiger partial charge >= 0.3 is 0 Å². The van der Waals surface area contributed by atoms with Crippen molar-refractivity contribution in [1.82, 2.24) is 24.5 Å². The number of aromatic nitrogens is 4. The molecule has 3 aromatic rings. The first-order valence-corrected chi connectivity index (χ1v) is 11.1. The number of likely N-dealkylation sites (tertiary alicyclic amines) is 1. The second kappa shape index (κ2) is 8.51. The number of rotatable bonds is 5. The molecule has 30 heavy (non-hydrogen) atoms. The standard InChI is InChI=1S/C21H26N6O2S/c1-13-11-18-23-14(2)17(15(3)27(18)25-13)6-7-19(28)26-9-4-5-16(12-26)20(29)24-21-22-8-10-30-21/h8,10-11,16H,4-7,9,12H2,1-3H3,(H,22,24,29). The fourth-order valence-electron chi connectivity index (χ4n) is 4.10. The van der Waals surface area contributed by atoms with Gasteiger partial charge in [-0.2, -0.15) is 5.10 Å². The minimum atomic E-state index is -0.194. The lowest BCUT2D eigenvalue weighted by Gasteiger charge is -2.32. The van der Waals surface area contributed by atoms with E-state index in [9.17, 15) is 9.59 Å². The van der Waals surface area contributed by atoms with Gasteiger partial charge in [0.25, 0.3) is 0 Å². The Labute approximate surface area is 179 Å². The van der Waals surface area contributed by atoms with Gasteiger partial charge in [-0.1, -0.05) is 0 Å². The molecule has 4 heterocycles. The molecule has 0 bridgehead atoms. The van der Waals surface area contributed by atoms with Crippen LogP contribution >= 0.6 is 11.3 Å². The van der Waals surface area contributed by atoms with E-state index in [4.69, 9.17) is 0 Å². The molecule has 1 saturated heterocycles. The minimum Gasteiger partial charge on any atom is -0.342 e. The first-order valence-electron chi connectivity index (χ1n) is 10.2. The van der Waals surface area contributed by atoms with Gasteiger partial charge in [-0.05, 0) is 45.6 Å². The van der Waals surface area contributed by atoms with E-state index < -0.39 is 0 Å². The average Bonchev–Trinajstić information content (AvgIpc) is 3.36. The first kappa shape index (κ1) is 20.5. The fraction of sp³-hybridized carbons (Fsp3) is 0.476.